The molecule has 1 spiro atoms. The highest BCUT2D eigenvalue weighted by Gasteiger charge is 2.54. The fraction of sp³-hybridized carbons (Fsp3) is 0.385. The Labute approximate surface area is 215 Å². The van der Waals surface area contributed by atoms with E-state index in [-0.39, 0.29) is 11.5 Å². The van der Waals surface area contributed by atoms with Crippen molar-refractivity contribution in [3.63, 3.8) is 0 Å². The van der Waals surface area contributed by atoms with Gasteiger partial charge in [-0.05, 0) is 56.7 Å². The smallest absolute Gasteiger partial charge is 0.211 e. The Kier molecular flexibility index (Phi) is 5.46. The number of pyridine rings is 1. The van der Waals surface area contributed by atoms with Crippen molar-refractivity contribution >= 4 is 26.7 Å². The summed E-state index contributed by atoms with van der Waals surface area (Å²) in [5.41, 5.74) is 5.67. The van der Waals surface area contributed by atoms with Gasteiger partial charge in [0.05, 0.1) is 23.7 Å². The van der Waals surface area contributed by atoms with Crippen LogP contribution in [0.1, 0.15) is 29.8 Å². The Morgan fingerprint density at radius 3 is 2.54 bits per heavy atom. The van der Waals surface area contributed by atoms with Gasteiger partial charge in [-0.3, -0.25) is 5.10 Å². The summed E-state index contributed by atoms with van der Waals surface area (Å²) in [5.74, 6) is 1.64. The second-order valence-corrected chi connectivity index (χ2v) is 12.3. The second kappa shape index (κ2) is 8.49. The van der Waals surface area contributed by atoms with Gasteiger partial charge >= 0.3 is 0 Å². The van der Waals surface area contributed by atoms with Crippen molar-refractivity contribution in [3.8, 4) is 17.0 Å². The van der Waals surface area contributed by atoms with Crippen LogP contribution in [-0.4, -0.2) is 70.5 Å². The molecule has 0 aliphatic carbocycles. The van der Waals surface area contributed by atoms with Gasteiger partial charge in [0.25, 0.3) is 0 Å². The van der Waals surface area contributed by atoms with Gasteiger partial charge in [0.15, 0.2) is 0 Å². The van der Waals surface area contributed by atoms with Crippen LogP contribution in [0.5, 0.6) is 5.75 Å². The van der Waals surface area contributed by atoms with Crippen molar-refractivity contribution < 1.29 is 13.2 Å². The largest absolute Gasteiger partial charge is 0.486 e. The lowest BCUT2D eigenvalue weighted by atomic mass is 9.74. The van der Waals surface area contributed by atoms with Crippen molar-refractivity contribution in [2.24, 2.45) is 5.41 Å². The van der Waals surface area contributed by atoms with Crippen LogP contribution >= 0.6 is 0 Å². The van der Waals surface area contributed by atoms with Gasteiger partial charge in [0, 0.05) is 54.3 Å². The highest BCUT2D eigenvalue weighted by Crippen LogP contribution is 2.42. The van der Waals surface area contributed by atoms with Crippen molar-refractivity contribution in [1.82, 2.24) is 29.7 Å². The van der Waals surface area contributed by atoms with E-state index in [4.69, 9.17) is 4.74 Å². The zero-order valence-electron chi connectivity index (χ0n) is 21.3. The molecule has 5 heterocycles. The number of nitrogens with one attached hydrogen (secondary N) is 1. The second-order valence-electron chi connectivity index (χ2n) is 10.4. The molecule has 4 aromatic rings. The molecule has 2 fully saturated rings. The third-order valence-electron chi connectivity index (χ3n) is 7.42. The number of sulfonamides is 1. The number of fused-ring (bicyclic) bond motifs is 1. The molecule has 0 amide bonds. The van der Waals surface area contributed by atoms with Crippen LogP contribution in [0.25, 0.3) is 22.2 Å². The number of hydrogen-bond acceptors (Lipinski definition) is 8. The first-order chi connectivity index (χ1) is 17.6. The molecule has 0 unspecified atom stereocenters. The number of nitrogens with zero attached hydrogens (tertiary/aromatic N) is 6. The van der Waals surface area contributed by atoms with Gasteiger partial charge < -0.3 is 9.64 Å². The molecule has 1 N–H and O–H groups in total. The number of anilines is 1. The predicted octanol–water partition coefficient (Wildman–Crippen LogP) is 3.25. The number of H-pyrrole nitrogens is 1. The topological polar surface area (TPSA) is 117 Å². The van der Waals surface area contributed by atoms with Crippen LogP contribution in [0.2, 0.25) is 0 Å². The van der Waals surface area contributed by atoms with Crippen LogP contribution < -0.4 is 9.64 Å². The van der Waals surface area contributed by atoms with E-state index in [0.29, 0.717) is 13.1 Å². The predicted molar refractivity (Wildman–Crippen MR) is 141 cm³/mol. The highest BCUT2D eigenvalue weighted by atomic mass is 32.2. The third-order valence-corrected chi connectivity index (χ3v) is 8.61. The molecule has 37 heavy (non-hydrogen) atoms. The lowest BCUT2D eigenvalue weighted by molar-refractivity contribution is 0.0395. The van der Waals surface area contributed by atoms with E-state index in [9.17, 15) is 8.42 Å². The Bertz CT molecular complexity index is 1570. The summed E-state index contributed by atoms with van der Waals surface area (Å²) in [5, 5.41) is 16.8. The first-order valence-corrected chi connectivity index (χ1v) is 14.1. The number of ether oxygens (including phenoxy) is 1. The molecule has 11 heteroatoms. The zero-order valence-corrected chi connectivity index (χ0v) is 22.1. The van der Waals surface area contributed by atoms with E-state index in [0.717, 1.165) is 63.6 Å². The first-order valence-electron chi connectivity index (χ1n) is 12.2. The van der Waals surface area contributed by atoms with E-state index < -0.39 is 10.0 Å². The molecule has 0 radical (unpaired) electrons. The molecule has 0 saturated carbocycles. The van der Waals surface area contributed by atoms with Crippen LogP contribution in [0.4, 0.5) is 5.82 Å². The maximum Gasteiger partial charge on any atom is 0.211 e. The Morgan fingerprint density at radius 2 is 1.86 bits per heavy atom. The molecule has 2 saturated heterocycles. The molecule has 192 valence electrons. The minimum Gasteiger partial charge on any atom is -0.486 e. The monoisotopic (exact) mass is 519 g/mol. The van der Waals surface area contributed by atoms with Crippen LogP contribution in [0.15, 0.2) is 42.7 Å². The fourth-order valence-corrected chi connectivity index (χ4v) is 6.57. The fourth-order valence-electron chi connectivity index (χ4n) is 5.55. The summed E-state index contributed by atoms with van der Waals surface area (Å²) in [4.78, 5) is 6.87. The van der Waals surface area contributed by atoms with E-state index in [1.165, 1.54) is 6.26 Å². The molecule has 10 nitrogen and oxygen atoms in total. The van der Waals surface area contributed by atoms with Gasteiger partial charge in [-0.2, -0.15) is 15.3 Å². The van der Waals surface area contributed by atoms with Crippen LogP contribution in [-0.2, 0) is 10.0 Å². The van der Waals surface area contributed by atoms with Crippen LogP contribution in [0.3, 0.4) is 0 Å². The third kappa shape index (κ3) is 4.21. The van der Waals surface area contributed by atoms with Crippen LogP contribution in [0, 0.1) is 19.3 Å². The summed E-state index contributed by atoms with van der Waals surface area (Å²) >= 11 is 0. The van der Waals surface area contributed by atoms with E-state index in [1.54, 1.807) is 10.5 Å². The minimum absolute atomic E-state index is 0.0682. The minimum atomic E-state index is -3.10. The molecule has 0 bridgehead atoms. The van der Waals surface area contributed by atoms with E-state index >= 15 is 0 Å². The lowest BCUT2D eigenvalue weighted by Gasteiger charge is -2.59. The molecule has 2 aliphatic rings. The average Bonchev–Trinajstić information content (AvgIpc) is 3.20. The van der Waals surface area contributed by atoms with Crippen molar-refractivity contribution in [2.45, 2.75) is 26.9 Å². The zero-order chi connectivity index (χ0) is 25.9. The summed E-state index contributed by atoms with van der Waals surface area (Å²) in [7, 11) is -3.10. The quantitative estimate of drug-likeness (QED) is 0.413. The number of aromatic nitrogens is 5. The molecule has 6 rings (SSSR count). The van der Waals surface area contributed by atoms with Gasteiger partial charge in [0.2, 0.25) is 10.0 Å². The molecule has 2 aliphatic heterocycles. The standard InChI is InChI=1S/C26H29N7O3S/c1-16-10-28-29-17(2)24(16)18(3)36-20-6-7-22-21(9-20)25(31-30-22)19-5-8-23(27-11-19)32-12-26(13-32)14-33(15-26)37(4,34)35/h5-11,18H,12-15H2,1-4H3,(H,30,31)/t18-/m1/s1. The van der Waals surface area contributed by atoms with Gasteiger partial charge in [-0.15, -0.1) is 0 Å². The number of rotatable bonds is 6. The summed E-state index contributed by atoms with van der Waals surface area (Å²) in [6.45, 7) is 8.81. The number of benzene rings is 1. The molecular weight excluding hydrogens is 490 g/mol. The average molecular weight is 520 g/mol. The molecular formula is C26H29N7O3S. The summed E-state index contributed by atoms with van der Waals surface area (Å²) < 4.78 is 31.2. The summed E-state index contributed by atoms with van der Waals surface area (Å²) in [6.07, 6.45) is 4.69. The van der Waals surface area contributed by atoms with Crippen molar-refractivity contribution in [2.75, 3.05) is 37.3 Å². The highest BCUT2D eigenvalue weighted by molar-refractivity contribution is 7.88. The maximum absolute atomic E-state index is 11.7. The molecule has 3 aromatic heterocycles. The molecule has 1 aromatic carbocycles. The maximum atomic E-state index is 11.7. The van der Waals surface area contributed by atoms with Gasteiger partial charge in [-0.25, -0.2) is 17.7 Å². The summed E-state index contributed by atoms with van der Waals surface area (Å²) in [6, 6.07) is 9.93. The number of hydrogen-bond donors (Lipinski definition) is 1. The number of aryl methyl sites for hydroxylation is 2. The SMILES string of the molecule is Cc1cnnc(C)c1[C@@H](C)Oc1ccc2[nH]nc(-c3ccc(N4CC5(C4)CN(S(C)(=O)=O)C5)nc3)c2c1. The van der Waals surface area contributed by atoms with Gasteiger partial charge in [0.1, 0.15) is 23.4 Å². The Hall–Kier alpha value is -3.57. The Balaban J connectivity index is 1.18. The van der Waals surface area contributed by atoms with E-state index in [2.05, 4.69) is 30.3 Å². The first kappa shape index (κ1) is 23.8. The lowest BCUT2D eigenvalue weighted by Crippen LogP contribution is -2.73. The van der Waals surface area contributed by atoms with Crippen molar-refractivity contribution in [1.29, 1.82) is 0 Å². The van der Waals surface area contributed by atoms with E-state index in [1.807, 2.05) is 57.3 Å². The molecule has 1 atom stereocenters. The number of aromatic amines is 1. The normalized spacial score (nSPS) is 18.0. The van der Waals surface area contributed by atoms with Gasteiger partial charge in [-0.1, -0.05) is 0 Å². The van der Waals surface area contributed by atoms with Crippen molar-refractivity contribution in [3.05, 3.63) is 59.5 Å². The Morgan fingerprint density at radius 1 is 1.08 bits per heavy atom.